The predicted octanol–water partition coefficient (Wildman–Crippen LogP) is 4.99. The van der Waals surface area contributed by atoms with Gasteiger partial charge in [-0.15, -0.1) is 0 Å². The Kier molecular flexibility index (Phi) is 3.70. The lowest BCUT2D eigenvalue weighted by atomic mass is 9.73. The SMILES string of the molecule is O=C1Oc2ccc(cc2)C(C(F)(F)F)(C(F)(F)F)c2ccc(cc2)O1. The van der Waals surface area contributed by atoms with Gasteiger partial charge in [0.05, 0.1) is 0 Å². The van der Waals surface area contributed by atoms with Crippen molar-refractivity contribution in [2.45, 2.75) is 17.8 Å². The molecule has 3 nitrogen and oxygen atoms in total. The first-order chi connectivity index (χ1) is 11.6. The van der Waals surface area contributed by atoms with Gasteiger partial charge in [0, 0.05) is 0 Å². The van der Waals surface area contributed by atoms with Crippen LogP contribution in [0.3, 0.4) is 0 Å². The fourth-order valence-corrected chi connectivity index (χ4v) is 2.74. The zero-order valence-electron chi connectivity index (χ0n) is 12.1. The Labute approximate surface area is 136 Å². The maximum atomic E-state index is 13.8. The van der Waals surface area contributed by atoms with E-state index in [4.69, 9.17) is 9.47 Å². The average Bonchev–Trinajstić information content (AvgIpc) is 2.46. The lowest BCUT2D eigenvalue weighted by molar-refractivity contribution is -0.288. The summed E-state index contributed by atoms with van der Waals surface area (Å²) in [5, 5.41) is 0. The van der Waals surface area contributed by atoms with Gasteiger partial charge in [0.1, 0.15) is 11.5 Å². The van der Waals surface area contributed by atoms with Crippen LogP contribution in [0.4, 0.5) is 31.1 Å². The first kappa shape index (κ1) is 17.1. The summed E-state index contributed by atoms with van der Waals surface area (Å²) in [5.41, 5.74) is -6.32. The van der Waals surface area contributed by atoms with Crippen LogP contribution in [0.25, 0.3) is 0 Å². The largest absolute Gasteiger partial charge is 0.519 e. The summed E-state index contributed by atoms with van der Waals surface area (Å²) in [6, 6.07) is 5.87. The van der Waals surface area contributed by atoms with Crippen molar-refractivity contribution in [2.24, 2.45) is 0 Å². The summed E-state index contributed by atoms with van der Waals surface area (Å²) >= 11 is 0. The Balaban J connectivity index is 2.39. The Morgan fingerprint density at radius 1 is 0.640 bits per heavy atom. The molecule has 0 spiro atoms. The van der Waals surface area contributed by atoms with E-state index in [1.165, 1.54) is 0 Å². The molecule has 0 fully saturated rings. The standard InChI is InChI=1S/C16H8F6O3/c17-15(18,19)14(16(20,21)22)9-1-5-11(6-2-9)24-13(23)25-12-7-3-10(14)4-8-12/h1-8H. The average molecular weight is 362 g/mol. The van der Waals surface area contributed by atoms with Gasteiger partial charge in [-0.3, -0.25) is 0 Å². The Morgan fingerprint density at radius 2 is 0.960 bits per heavy atom. The van der Waals surface area contributed by atoms with Crippen LogP contribution >= 0.6 is 0 Å². The molecule has 4 aliphatic heterocycles. The Hall–Kier alpha value is -2.71. The molecular weight excluding hydrogens is 354 g/mol. The molecule has 2 aromatic rings. The van der Waals surface area contributed by atoms with Crippen LogP contribution in [0.2, 0.25) is 0 Å². The fraction of sp³-hybridized carbons (Fsp3) is 0.188. The molecular formula is C16H8F6O3. The molecule has 6 rings (SSSR count). The van der Waals surface area contributed by atoms with Gasteiger partial charge in [-0.1, -0.05) is 24.3 Å². The predicted molar refractivity (Wildman–Crippen MR) is 72.4 cm³/mol. The van der Waals surface area contributed by atoms with E-state index < -0.39 is 35.0 Å². The monoisotopic (exact) mass is 362 g/mol. The number of halogens is 6. The lowest BCUT2D eigenvalue weighted by Crippen LogP contribution is -2.54. The highest BCUT2D eigenvalue weighted by molar-refractivity contribution is 5.67. The molecule has 0 atom stereocenters. The van der Waals surface area contributed by atoms with Gasteiger partial charge in [-0.2, -0.15) is 26.3 Å². The third-order valence-electron chi connectivity index (χ3n) is 3.83. The normalized spacial score (nSPS) is 16.6. The van der Waals surface area contributed by atoms with Crippen molar-refractivity contribution in [2.75, 3.05) is 0 Å². The van der Waals surface area contributed by atoms with Crippen molar-refractivity contribution >= 4 is 6.16 Å². The van der Waals surface area contributed by atoms with Crippen molar-refractivity contribution in [3.8, 4) is 11.5 Å². The molecule has 4 bridgehead atoms. The molecule has 0 unspecified atom stereocenters. The molecule has 0 amide bonds. The second-order valence-electron chi connectivity index (χ2n) is 5.25. The van der Waals surface area contributed by atoms with Crippen LogP contribution < -0.4 is 9.47 Å². The van der Waals surface area contributed by atoms with E-state index in [9.17, 15) is 31.1 Å². The van der Waals surface area contributed by atoms with E-state index in [0.29, 0.717) is 24.3 Å². The van der Waals surface area contributed by atoms with Gasteiger partial charge in [0.2, 0.25) is 5.41 Å². The summed E-state index contributed by atoms with van der Waals surface area (Å²) in [4.78, 5) is 11.5. The number of rotatable bonds is 0. The Morgan fingerprint density at radius 3 is 1.24 bits per heavy atom. The second kappa shape index (κ2) is 5.40. The number of carbonyl (C=O) groups is 1. The van der Waals surface area contributed by atoms with Gasteiger partial charge >= 0.3 is 18.5 Å². The van der Waals surface area contributed by atoms with Crippen LogP contribution in [0.1, 0.15) is 11.1 Å². The van der Waals surface area contributed by atoms with Crippen LogP contribution in [0, 0.1) is 0 Å². The molecule has 4 heterocycles. The topological polar surface area (TPSA) is 35.5 Å². The third kappa shape index (κ3) is 2.59. The molecule has 0 saturated carbocycles. The van der Waals surface area contributed by atoms with Gasteiger partial charge in [-0.05, 0) is 35.4 Å². The minimum Gasteiger partial charge on any atom is -0.395 e. The Bertz CT molecular complexity index is 723. The number of carbonyl (C=O) groups excluding carboxylic acids is 1. The number of alkyl halides is 6. The van der Waals surface area contributed by atoms with Gasteiger partial charge in [-0.25, -0.2) is 4.79 Å². The number of ether oxygens (including phenoxy) is 2. The highest BCUT2D eigenvalue weighted by Gasteiger charge is 2.72. The minimum absolute atomic E-state index is 0.248. The molecule has 0 N–H and O–H groups in total. The smallest absolute Gasteiger partial charge is 0.395 e. The molecule has 2 aromatic carbocycles. The van der Waals surface area contributed by atoms with Crippen molar-refractivity contribution < 1.29 is 40.6 Å². The number of hydrogen-bond donors (Lipinski definition) is 0. The van der Waals surface area contributed by atoms with Crippen molar-refractivity contribution in [1.82, 2.24) is 0 Å². The van der Waals surface area contributed by atoms with Crippen LogP contribution in [-0.2, 0) is 5.41 Å². The van der Waals surface area contributed by atoms with Gasteiger partial charge in [0.25, 0.3) is 0 Å². The third-order valence-corrected chi connectivity index (χ3v) is 3.83. The van der Waals surface area contributed by atoms with Crippen molar-refractivity contribution in [3.63, 3.8) is 0 Å². The van der Waals surface area contributed by atoms with E-state index in [0.717, 1.165) is 24.3 Å². The van der Waals surface area contributed by atoms with Crippen molar-refractivity contribution in [1.29, 1.82) is 0 Å². The quantitative estimate of drug-likeness (QED) is 0.376. The zero-order valence-corrected chi connectivity index (χ0v) is 12.1. The van der Waals surface area contributed by atoms with Crippen LogP contribution in [-0.4, -0.2) is 18.5 Å². The summed E-state index contributed by atoms with van der Waals surface area (Å²) < 4.78 is 92.0. The summed E-state index contributed by atoms with van der Waals surface area (Å²) in [5.74, 6) is -0.496. The molecule has 0 radical (unpaired) electrons. The van der Waals surface area contributed by atoms with Crippen LogP contribution in [0.15, 0.2) is 48.5 Å². The summed E-state index contributed by atoms with van der Waals surface area (Å²) in [7, 11) is 0. The molecule has 0 aromatic heterocycles. The maximum absolute atomic E-state index is 13.8. The zero-order chi connectivity index (χ0) is 18.5. The first-order valence-corrected chi connectivity index (χ1v) is 6.80. The molecule has 9 heteroatoms. The maximum Gasteiger partial charge on any atom is 0.519 e. The van der Waals surface area contributed by atoms with Gasteiger partial charge < -0.3 is 9.47 Å². The van der Waals surface area contributed by atoms with E-state index >= 15 is 0 Å². The van der Waals surface area contributed by atoms with Crippen LogP contribution in [0.5, 0.6) is 11.5 Å². The fourth-order valence-electron chi connectivity index (χ4n) is 2.74. The number of hydrogen-bond acceptors (Lipinski definition) is 3. The lowest BCUT2D eigenvalue weighted by Gasteiger charge is -2.38. The molecule has 0 saturated heterocycles. The summed E-state index contributed by atoms with van der Waals surface area (Å²) in [6.45, 7) is 0. The minimum atomic E-state index is -5.67. The number of benzene rings is 2. The first-order valence-electron chi connectivity index (χ1n) is 6.80. The second-order valence-corrected chi connectivity index (χ2v) is 5.25. The van der Waals surface area contributed by atoms with E-state index in [-0.39, 0.29) is 11.5 Å². The van der Waals surface area contributed by atoms with E-state index in [2.05, 4.69) is 0 Å². The molecule has 4 aliphatic rings. The highest BCUT2D eigenvalue weighted by Crippen LogP contribution is 2.56. The highest BCUT2D eigenvalue weighted by atomic mass is 19.4. The van der Waals surface area contributed by atoms with Gasteiger partial charge in [0.15, 0.2) is 0 Å². The molecule has 0 aliphatic carbocycles. The summed E-state index contributed by atoms with van der Waals surface area (Å²) in [6.07, 6.45) is -12.5. The van der Waals surface area contributed by atoms with Crippen molar-refractivity contribution in [3.05, 3.63) is 59.7 Å². The van der Waals surface area contributed by atoms with E-state index in [1.54, 1.807) is 0 Å². The van der Waals surface area contributed by atoms with E-state index in [1.807, 2.05) is 0 Å². The molecule has 132 valence electrons. The molecule has 25 heavy (non-hydrogen) atoms.